The number of hydrogen-bond donors (Lipinski definition) is 1. The van der Waals surface area contributed by atoms with E-state index < -0.39 is 25.5 Å². The molecule has 1 unspecified atom stereocenters. The summed E-state index contributed by atoms with van der Waals surface area (Å²) in [6, 6.07) is 5.08. The van der Waals surface area contributed by atoms with Crippen molar-refractivity contribution in [2.45, 2.75) is 19.2 Å². The van der Waals surface area contributed by atoms with Crippen molar-refractivity contribution in [3.63, 3.8) is 0 Å². The second-order valence-corrected chi connectivity index (χ2v) is 4.44. The molecule has 108 valence electrons. The summed E-state index contributed by atoms with van der Waals surface area (Å²) in [6.45, 7) is -0.186. The smallest absolute Gasteiger partial charge is 0.411 e. The van der Waals surface area contributed by atoms with Crippen LogP contribution in [0.15, 0.2) is 18.2 Å². The Morgan fingerprint density at radius 2 is 2.00 bits per heavy atom. The van der Waals surface area contributed by atoms with Crippen molar-refractivity contribution in [3.8, 4) is 5.75 Å². The largest absolute Gasteiger partial charge is 0.489 e. The lowest BCUT2D eigenvalue weighted by molar-refractivity contribution is -0.179. The lowest BCUT2D eigenvalue weighted by Crippen LogP contribution is -2.27. The number of alkyl halides is 3. The van der Waals surface area contributed by atoms with E-state index >= 15 is 0 Å². The minimum absolute atomic E-state index is 0.194. The van der Waals surface area contributed by atoms with E-state index in [0.29, 0.717) is 10.8 Å². The Kier molecular flexibility index (Phi) is 5.90. The monoisotopic (exact) mass is 298 g/mol. The summed E-state index contributed by atoms with van der Waals surface area (Å²) >= 11 is 5.89. The zero-order valence-electron chi connectivity index (χ0n) is 10.2. The molecular formula is C12H14ClF3O3. The van der Waals surface area contributed by atoms with Crippen molar-refractivity contribution in [2.75, 3.05) is 19.8 Å². The molecule has 19 heavy (non-hydrogen) atoms. The van der Waals surface area contributed by atoms with Gasteiger partial charge in [-0.2, -0.15) is 13.2 Å². The molecule has 1 atom stereocenters. The highest BCUT2D eigenvalue weighted by molar-refractivity contribution is 6.32. The molecule has 0 aliphatic carbocycles. The van der Waals surface area contributed by atoms with Gasteiger partial charge in [0.1, 0.15) is 25.1 Å². The van der Waals surface area contributed by atoms with Gasteiger partial charge in [0.2, 0.25) is 0 Å². The third-order valence-electron chi connectivity index (χ3n) is 2.09. The number of halogens is 4. The molecule has 1 aromatic rings. The van der Waals surface area contributed by atoms with Gasteiger partial charge in [0.25, 0.3) is 0 Å². The normalized spacial score (nSPS) is 13.4. The van der Waals surface area contributed by atoms with Crippen molar-refractivity contribution in [3.05, 3.63) is 28.8 Å². The topological polar surface area (TPSA) is 38.7 Å². The van der Waals surface area contributed by atoms with Gasteiger partial charge in [-0.15, -0.1) is 0 Å². The summed E-state index contributed by atoms with van der Waals surface area (Å²) in [5, 5.41) is 9.77. The van der Waals surface area contributed by atoms with E-state index in [1.54, 1.807) is 18.2 Å². The number of aryl methyl sites for hydroxylation is 1. The first-order valence-corrected chi connectivity index (χ1v) is 5.87. The Hall–Kier alpha value is -0.980. The first kappa shape index (κ1) is 16.1. The predicted molar refractivity (Wildman–Crippen MR) is 64.6 cm³/mol. The van der Waals surface area contributed by atoms with E-state index in [0.717, 1.165) is 5.56 Å². The van der Waals surface area contributed by atoms with Crippen LogP contribution in [0, 0.1) is 6.92 Å². The van der Waals surface area contributed by atoms with Crippen LogP contribution in [0.3, 0.4) is 0 Å². The maximum Gasteiger partial charge on any atom is 0.411 e. The summed E-state index contributed by atoms with van der Waals surface area (Å²) in [6.07, 6.45) is -5.55. The molecule has 0 heterocycles. The first-order chi connectivity index (χ1) is 8.78. The maximum absolute atomic E-state index is 11.8. The van der Waals surface area contributed by atoms with Gasteiger partial charge in [-0.1, -0.05) is 17.7 Å². The second-order valence-electron chi connectivity index (χ2n) is 4.03. The minimum Gasteiger partial charge on any atom is -0.489 e. The lowest BCUT2D eigenvalue weighted by Gasteiger charge is -2.14. The second kappa shape index (κ2) is 6.98. The molecule has 0 amide bonds. The van der Waals surface area contributed by atoms with E-state index in [4.69, 9.17) is 16.3 Å². The highest BCUT2D eigenvalue weighted by Crippen LogP contribution is 2.25. The van der Waals surface area contributed by atoms with E-state index in [-0.39, 0.29) is 6.61 Å². The molecule has 0 spiro atoms. The fourth-order valence-electron chi connectivity index (χ4n) is 1.27. The SMILES string of the molecule is Cc1ccc(OCC(O)COCC(F)(F)F)c(Cl)c1. The van der Waals surface area contributed by atoms with E-state index in [9.17, 15) is 18.3 Å². The molecule has 1 rings (SSSR count). The summed E-state index contributed by atoms with van der Waals surface area (Å²) in [7, 11) is 0. The fraction of sp³-hybridized carbons (Fsp3) is 0.500. The molecule has 0 bridgehead atoms. The van der Waals surface area contributed by atoms with E-state index in [1.165, 1.54) is 0 Å². The molecule has 0 radical (unpaired) electrons. The minimum atomic E-state index is -4.40. The summed E-state index contributed by atoms with van der Waals surface area (Å²) < 4.78 is 44.9. The standard InChI is InChI=1S/C12H14ClF3O3/c1-8-2-3-11(10(13)4-8)19-6-9(17)5-18-7-12(14,15)16/h2-4,9,17H,5-7H2,1H3. The first-order valence-electron chi connectivity index (χ1n) is 5.49. The van der Waals surface area contributed by atoms with Crippen LogP contribution < -0.4 is 4.74 Å². The van der Waals surface area contributed by atoms with Crippen molar-refractivity contribution in [1.29, 1.82) is 0 Å². The van der Waals surface area contributed by atoms with Crippen LogP contribution in [-0.2, 0) is 4.74 Å². The van der Waals surface area contributed by atoms with Crippen LogP contribution in [0.2, 0.25) is 5.02 Å². The average Bonchev–Trinajstić information content (AvgIpc) is 2.26. The molecule has 0 fully saturated rings. The summed E-state index contributed by atoms with van der Waals surface area (Å²) in [5.74, 6) is 0.363. The Labute approximate surface area is 113 Å². The third kappa shape index (κ3) is 6.66. The number of aliphatic hydroxyl groups excluding tert-OH is 1. The zero-order valence-corrected chi connectivity index (χ0v) is 11.0. The van der Waals surface area contributed by atoms with Gasteiger partial charge < -0.3 is 14.6 Å². The van der Waals surface area contributed by atoms with Gasteiger partial charge in [0, 0.05) is 0 Å². The van der Waals surface area contributed by atoms with Crippen LogP contribution in [0.1, 0.15) is 5.56 Å². The Balaban J connectivity index is 2.32. The Bertz CT molecular complexity index is 410. The number of aliphatic hydroxyl groups is 1. The summed E-state index contributed by atoms with van der Waals surface area (Å²) in [5.41, 5.74) is 0.950. The molecular weight excluding hydrogens is 285 g/mol. The molecule has 7 heteroatoms. The van der Waals surface area contributed by atoms with Crippen molar-refractivity contribution in [1.82, 2.24) is 0 Å². The van der Waals surface area contributed by atoms with Crippen LogP contribution in [0.25, 0.3) is 0 Å². The summed E-state index contributed by atoms with van der Waals surface area (Å²) in [4.78, 5) is 0. The molecule has 3 nitrogen and oxygen atoms in total. The number of rotatable bonds is 6. The van der Waals surface area contributed by atoms with Gasteiger partial charge in [-0.3, -0.25) is 0 Å². The quantitative estimate of drug-likeness (QED) is 0.877. The van der Waals surface area contributed by atoms with Crippen LogP contribution in [0.4, 0.5) is 13.2 Å². The van der Waals surface area contributed by atoms with Crippen LogP contribution in [0.5, 0.6) is 5.75 Å². The number of benzene rings is 1. The van der Waals surface area contributed by atoms with Gasteiger partial charge in [0.15, 0.2) is 0 Å². The highest BCUT2D eigenvalue weighted by Gasteiger charge is 2.27. The highest BCUT2D eigenvalue weighted by atomic mass is 35.5. The van der Waals surface area contributed by atoms with Crippen LogP contribution >= 0.6 is 11.6 Å². The molecule has 1 aromatic carbocycles. The van der Waals surface area contributed by atoms with Gasteiger partial charge >= 0.3 is 6.18 Å². The van der Waals surface area contributed by atoms with Crippen molar-refractivity contribution < 1.29 is 27.8 Å². The molecule has 0 aliphatic rings. The van der Waals surface area contributed by atoms with E-state index in [1.807, 2.05) is 6.92 Å². The van der Waals surface area contributed by atoms with Crippen molar-refractivity contribution in [2.24, 2.45) is 0 Å². The van der Waals surface area contributed by atoms with Crippen molar-refractivity contribution >= 4 is 11.6 Å². The molecule has 0 saturated carbocycles. The molecule has 0 saturated heterocycles. The Morgan fingerprint density at radius 1 is 1.32 bits per heavy atom. The average molecular weight is 299 g/mol. The fourth-order valence-corrected chi connectivity index (χ4v) is 1.56. The van der Waals surface area contributed by atoms with E-state index in [2.05, 4.69) is 4.74 Å². The molecule has 0 aromatic heterocycles. The van der Waals surface area contributed by atoms with Gasteiger partial charge in [-0.25, -0.2) is 0 Å². The van der Waals surface area contributed by atoms with Gasteiger partial charge in [-0.05, 0) is 24.6 Å². The number of hydrogen-bond acceptors (Lipinski definition) is 3. The lowest BCUT2D eigenvalue weighted by atomic mass is 10.2. The molecule has 1 N–H and O–H groups in total. The van der Waals surface area contributed by atoms with Gasteiger partial charge in [0.05, 0.1) is 11.6 Å². The predicted octanol–water partition coefficient (Wildman–Crippen LogP) is 2.97. The maximum atomic E-state index is 11.8. The molecule has 0 aliphatic heterocycles. The third-order valence-corrected chi connectivity index (χ3v) is 2.39. The number of ether oxygens (including phenoxy) is 2. The Morgan fingerprint density at radius 3 is 2.58 bits per heavy atom. The zero-order chi connectivity index (χ0) is 14.5. The van der Waals surface area contributed by atoms with Crippen LogP contribution in [-0.4, -0.2) is 37.2 Å².